The second kappa shape index (κ2) is 10.3. The Bertz CT molecular complexity index is 1250. The van der Waals surface area contributed by atoms with Gasteiger partial charge in [-0.05, 0) is 79.2 Å². The van der Waals surface area contributed by atoms with Crippen LogP contribution in [0.25, 0.3) is 16.8 Å². The molecule has 5 heteroatoms. The average Bonchev–Trinajstić information content (AvgIpc) is 3.11. The summed E-state index contributed by atoms with van der Waals surface area (Å²) in [6.45, 7) is 9.53. The lowest BCUT2D eigenvalue weighted by Crippen LogP contribution is -2.28. The third kappa shape index (κ3) is 4.98. The van der Waals surface area contributed by atoms with Gasteiger partial charge in [0, 0.05) is 11.9 Å². The lowest BCUT2D eigenvalue weighted by molar-refractivity contribution is -0.122. The predicted molar refractivity (Wildman–Crippen MR) is 140 cm³/mol. The fourth-order valence-electron chi connectivity index (χ4n) is 3.83. The summed E-state index contributed by atoms with van der Waals surface area (Å²) in [5, 5.41) is 2.87. The molecule has 0 saturated carbocycles. The van der Waals surface area contributed by atoms with E-state index in [1.54, 1.807) is 4.90 Å². The Morgan fingerprint density at radius 3 is 2.58 bits per heavy atom. The smallest absolute Gasteiger partial charge is 0.266 e. The lowest BCUT2D eigenvalue weighted by Gasteiger charge is -2.13. The zero-order valence-electron chi connectivity index (χ0n) is 19.7. The van der Waals surface area contributed by atoms with Gasteiger partial charge in [0.05, 0.1) is 17.2 Å². The molecule has 1 amide bonds. The van der Waals surface area contributed by atoms with E-state index in [1.165, 1.54) is 11.8 Å². The van der Waals surface area contributed by atoms with Crippen molar-refractivity contribution in [1.29, 1.82) is 0 Å². The van der Waals surface area contributed by atoms with Crippen molar-refractivity contribution in [3.05, 3.63) is 76.2 Å². The number of benzene rings is 3. The number of hydrogen-bond acceptors (Lipinski definition) is 4. The number of thioether (sulfide) groups is 1. The minimum absolute atomic E-state index is 0.00101. The lowest BCUT2D eigenvalue weighted by atomic mass is 10.0. The van der Waals surface area contributed by atoms with Crippen molar-refractivity contribution < 1.29 is 9.53 Å². The zero-order valence-corrected chi connectivity index (χ0v) is 20.5. The highest BCUT2D eigenvalue weighted by atomic mass is 32.2. The molecule has 0 unspecified atom stereocenters. The molecule has 4 rings (SSSR count). The number of likely N-dealkylation sites (N-methyl/N-ethyl adjacent to an activating group) is 1. The summed E-state index contributed by atoms with van der Waals surface area (Å²) in [7, 11) is 0. The number of rotatable bonds is 7. The molecule has 170 valence electrons. The summed E-state index contributed by atoms with van der Waals surface area (Å²) in [6, 6.07) is 18.5. The van der Waals surface area contributed by atoms with Gasteiger partial charge >= 0.3 is 0 Å². The van der Waals surface area contributed by atoms with Gasteiger partial charge in [-0.25, -0.2) is 4.99 Å². The molecule has 0 spiro atoms. The molecule has 1 saturated heterocycles. The molecule has 0 aromatic heterocycles. The van der Waals surface area contributed by atoms with Crippen molar-refractivity contribution in [1.82, 2.24) is 4.90 Å². The Kier molecular flexibility index (Phi) is 7.19. The van der Waals surface area contributed by atoms with Crippen molar-refractivity contribution in [2.24, 2.45) is 4.99 Å². The largest absolute Gasteiger partial charge is 0.493 e. The molecule has 0 aliphatic carbocycles. The monoisotopic (exact) mass is 458 g/mol. The molecule has 1 aliphatic rings. The molecule has 33 heavy (non-hydrogen) atoms. The standard InChI is InChI=1S/C28H30N2O2S/c1-5-7-16-32-25-15-14-21(22-10-8-9-11-23(22)25)18-26-27(31)30(6-2)28(33-26)29-24-17-19(3)12-13-20(24)4/h8-15,17-18H,5-7,16H2,1-4H3/b26-18+,29-28?. The number of amidine groups is 1. The van der Waals surface area contributed by atoms with Crippen LogP contribution in [0, 0.1) is 13.8 Å². The molecule has 0 bridgehead atoms. The van der Waals surface area contributed by atoms with E-state index in [4.69, 9.17) is 9.73 Å². The summed E-state index contributed by atoms with van der Waals surface area (Å²) in [5.41, 5.74) is 4.16. The molecule has 1 fully saturated rings. The number of ether oxygens (including phenoxy) is 1. The molecule has 1 heterocycles. The Labute approximate surface area is 200 Å². The number of aryl methyl sites for hydroxylation is 2. The van der Waals surface area contributed by atoms with Crippen molar-refractivity contribution in [2.45, 2.75) is 40.5 Å². The van der Waals surface area contributed by atoms with Gasteiger partial charge in [-0.15, -0.1) is 0 Å². The second-order valence-corrected chi connectivity index (χ2v) is 9.25. The van der Waals surface area contributed by atoms with Crippen LogP contribution in [0.2, 0.25) is 0 Å². The van der Waals surface area contributed by atoms with Gasteiger partial charge in [-0.3, -0.25) is 9.69 Å². The molecule has 1 aliphatic heterocycles. The normalized spacial score (nSPS) is 16.4. The van der Waals surface area contributed by atoms with Gasteiger partial charge < -0.3 is 4.74 Å². The van der Waals surface area contributed by atoms with Gasteiger partial charge in [-0.2, -0.15) is 0 Å². The quantitative estimate of drug-likeness (QED) is 0.276. The number of unbranched alkanes of at least 4 members (excludes halogenated alkanes) is 1. The van der Waals surface area contributed by atoms with Crippen LogP contribution < -0.4 is 4.74 Å². The van der Waals surface area contributed by atoms with Gasteiger partial charge in [-0.1, -0.05) is 55.8 Å². The fraction of sp³-hybridized carbons (Fsp3) is 0.286. The van der Waals surface area contributed by atoms with Gasteiger partial charge in [0.1, 0.15) is 5.75 Å². The van der Waals surface area contributed by atoms with E-state index >= 15 is 0 Å². The van der Waals surface area contributed by atoms with E-state index in [-0.39, 0.29) is 5.91 Å². The van der Waals surface area contributed by atoms with E-state index in [0.717, 1.165) is 56.9 Å². The maximum absolute atomic E-state index is 13.2. The fourth-order valence-corrected chi connectivity index (χ4v) is 4.87. The maximum atomic E-state index is 13.2. The summed E-state index contributed by atoms with van der Waals surface area (Å²) in [4.78, 5) is 20.5. The molecule has 0 N–H and O–H groups in total. The second-order valence-electron chi connectivity index (χ2n) is 8.24. The van der Waals surface area contributed by atoms with E-state index in [0.29, 0.717) is 18.1 Å². The van der Waals surface area contributed by atoms with E-state index in [1.807, 2.05) is 44.2 Å². The first kappa shape index (κ1) is 23.1. The Morgan fingerprint density at radius 1 is 1.03 bits per heavy atom. The van der Waals surface area contributed by atoms with Crippen LogP contribution in [-0.4, -0.2) is 29.1 Å². The molecule has 0 atom stereocenters. The van der Waals surface area contributed by atoms with Crippen LogP contribution in [0.3, 0.4) is 0 Å². The van der Waals surface area contributed by atoms with Gasteiger partial charge in [0.25, 0.3) is 5.91 Å². The van der Waals surface area contributed by atoms with Crippen LogP contribution in [0.1, 0.15) is 43.4 Å². The van der Waals surface area contributed by atoms with Crippen LogP contribution in [0.5, 0.6) is 5.75 Å². The molecule has 3 aromatic carbocycles. The number of carbonyl (C=O) groups is 1. The molecule has 4 nitrogen and oxygen atoms in total. The first-order valence-corrected chi connectivity index (χ1v) is 12.3. The number of nitrogens with zero attached hydrogens (tertiary/aromatic N) is 2. The van der Waals surface area contributed by atoms with E-state index < -0.39 is 0 Å². The van der Waals surface area contributed by atoms with Crippen LogP contribution in [0.4, 0.5) is 5.69 Å². The highest BCUT2D eigenvalue weighted by Crippen LogP contribution is 2.37. The van der Waals surface area contributed by atoms with Crippen molar-refractivity contribution in [2.75, 3.05) is 13.2 Å². The number of fused-ring (bicyclic) bond motifs is 1. The van der Waals surface area contributed by atoms with Gasteiger partial charge in [0.2, 0.25) is 0 Å². The number of aliphatic imine (C=N–C) groups is 1. The molecular weight excluding hydrogens is 428 g/mol. The Balaban J connectivity index is 1.71. The minimum Gasteiger partial charge on any atom is -0.493 e. The topological polar surface area (TPSA) is 41.9 Å². The summed E-state index contributed by atoms with van der Waals surface area (Å²) in [6.07, 6.45) is 4.11. The number of carbonyl (C=O) groups excluding carboxylic acids is 1. The van der Waals surface area contributed by atoms with Crippen molar-refractivity contribution in [3.8, 4) is 5.75 Å². The molecule has 3 aromatic rings. The maximum Gasteiger partial charge on any atom is 0.266 e. The third-order valence-corrected chi connectivity index (χ3v) is 6.75. The molecular formula is C28H30N2O2S. The third-order valence-electron chi connectivity index (χ3n) is 5.74. The highest BCUT2D eigenvalue weighted by Gasteiger charge is 2.32. The highest BCUT2D eigenvalue weighted by molar-refractivity contribution is 8.18. The summed E-state index contributed by atoms with van der Waals surface area (Å²) < 4.78 is 6.02. The average molecular weight is 459 g/mol. The Hall–Kier alpha value is -3.05. The number of hydrogen-bond donors (Lipinski definition) is 0. The summed E-state index contributed by atoms with van der Waals surface area (Å²) in [5.74, 6) is 0.887. The van der Waals surface area contributed by atoms with Crippen molar-refractivity contribution in [3.63, 3.8) is 0 Å². The SMILES string of the molecule is CCCCOc1ccc(/C=C2/SC(=Nc3cc(C)ccc3C)N(CC)C2=O)c2ccccc12. The predicted octanol–water partition coefficient (Wildman–Crippen LogP) is 7.26. The zero-order chi connectivity index (χ0) is 23.4. The molecule has 0 radical (unpaired) electrons. The van der Waals surface area contributed by atoms with Crippen LogP contribution in [-0.2, 0) is 4.79 Å². The van der Waals surface area contributed by atoms with E-state index in [2.05, 4.69) is 44.2 Å². The minimum atomic E-state index is -0.00101. The first-order chi connectivity index (χ1) is 16.0. The Morgan fingerprint density at radius 2 is 1.82 bits per heavy atom. The van der Waals surface area contributed by atoms with Crippen molar-refractivity contribution >= 4 is 45.4 Å². The van der Waals surface area contributed by atoms with Gasteiger partial charge in [0.15, 0.2) is 5.17 Å². The summed E-state index contributed by atoms with van der Waals surface area (Å²) >= 11 is 1.44. The van der Waals surface area contributed by atoms with Crippen LogP contribution in [0.15, 0.2) is 64.5 Å². The first-order valence-electron chi connectivity index (χ1n) is 11.5. The van der Waals surface area contributed by atoms with Crippen LogP contribution >= 0.6 is 11.8 Å². The van der Waals surface area contributed by atoms with E-state index in [9.17, 15) is 4.79 Å². The number of amides is 1.